The van der Waals surface area contributed by atoms with E-state index in [9.17, 15) is 14.3 Å². The Morgan fingerprint density at radius 3 is 2.76 bits per heavy atom. The normalized spacial score (nSPS) is 15.4. The molecule has 0 radical (unpaired) electrons. The lowest BCUT2D eigenvalue weighted by molar-refractivity contribution is 0.333. The van der Waals surface area contributed by atoms with E-state index >= 15 is 0 Å². The first-order valence-electron chi connectivity index (χ1n) is 9.46. The molecule has 2 N–H and O–H groups in total. The summed E-state index contributed by atoms with van der Waals surface area (Å²) in [5.74, 6) is -1.27. The second-order valence-electron chi connectivity index (χ2n) is 7.36. The van der Waals surface area contributed by atoms with Gasteiger partial charge < -0.3 is 10.4 Å². The van der Waals surface area contributed by atoms with Crippen LogP contribution in [-0.2, 0) is 7.05 Å². The Kier molecular flexibility index (Phi) is 4.06. The van der Waals surface area contributed by atoms with Crippen LogP contribution in [0, 0.1) is 5.82 Å². The molecule has 3 aromatic heterocycles. The van der Waals surface area contributed by atoms with Crippen molar-refractivity contribution in [2.45, 2.75) is 18.9 Å². The number of phenolic OH excluding ortho intramolecular Hbond substituents is 1. The molecule has 1 fully saturated rings. The summed E-state index contributed by atoms with van der Waals surface area (Å²) in [5, 5.41) is 23.1. The van der Waals surface area contributed by atoms with Gasteiger partial charge in [-0.25, -0.2) is 14.1 Å². The van der Waals surface area contributed by atoms with Crippen molar-refractivity contribution >= 4 is 21.8 Å². The average Bonchev–Trinajstić information content (AvgIpc) is 3.12. The number of phenols is 1. The summed E-state index contributed by atoms with van der Waals surface area (Å²) < 4.78 is 17.6. The van der Waals surface area contributed by atoms with Crippen LogP contribution in [0.4, 0.5) is 4.39 Å². The van der Waals surface area contributed by atoms with Gasteiger partial charge in [-0.2, -0.15) is 10.2 Å². The Morgan fingerprint density at radius 1 is 1.17 bits per heavy atom. The van der Waals surface area contributed by atoms with Crippen LogP contribution in [0.3, 0.4) is 0 Å². The molecule has 1 aliphatic heterocycles. The molecular formula is C20H19FN6O2. The number of hydrogen-bond acceptors (Lipinski definition) is 6. The number of rotatable bonds is 2. The highest BCUT2D eigenvalue weighted by Gasteiger charge is 2.20. The maximum Gasteiger partial charge on any atom is 0.293 e. The van der Waals surface area contributed by atoms with Gasteiger partial charge >= 0.3 is 0 Å². The first-order chi connectivity index (χ1) is 14.0. The number of aromatic nitrogens is 5. The highest BCUT2D eigenvalue weighted by Crippen LogP contribution is 2.36. The van der Waals surface area contributed by atoms with Crippen molar-refractivity contribution in [2.24, 2.45) is 7.05 Å². The third kappa shape index (κ3) is 2.85. The fourth-order valence-corrected chi connectivity index (χ4v) is 3.96. The molecule has 148 valence electrons. The van der Waals surface area contributed by atoms with Crippen LogP contribution < -0.4 is 10.9 Å². The van der Waals surface area contributed by atoms with Gasteiger partial charge in [0.05, 0.1) is 12.2 Å². The predicted octanol–water partition coefficient (Wildman–Crippen LogP) is 2.11. The number of halogens is 1. The van der Waals surface area contributed by atoms with Gasteiger partial charge in [0.15, 0.2) is 11.6 Å². The Bertz CT molecular complexity index is 1310. The highest BCUT2D eigenvalue weighted by atomic mass is 19.1. The van der Waals surface area contributed by atoms with E-state index in [0.29, 0.717) is 27.4 Å². The quantitative estimate of drug-likeness (QED) is 0.540. The van der Waals surface area contributed by atoms with Crippen molar-refractivity contribution in [3.63, 3.8) is 0 Å². The van der Waals surface area contributed by atoms with E-state index in [-0.39, 0.29) is 17.1 Å². The van der Waals surface area contributed by atoms with Crippen LogP contribution in [0.2, 0.25) is 0 Å². The number of fused-ring (bicyclic) bond motifs is 2. The van der Waals surface area contributed by atoms with Crippen LogP contribution >= 0.6 is 0 Å². The largest absolute Gasteiger partial charge is 0.504 e. The van der Waals surface area contributed by atoms with Gasteiger partial charge in [0.2, 0.25) is 0 Å². The smallest absolute Gasteiger partial charge is 0.293 e. The van der Waals surface area contributed by atoms with Gasteiger partial charge in [-0.15, -0.1) is 0 Å². The predicted molar refractivity (Wildman–Crippen MR) is 106 cm³/mol. The molecule has 5 rings (SSSR count). The summed E-state index contributed by atoms with van der Waals surface area (Å²) >= 11 is 0. The summed E-state index contributed by atoms with van der Waals surface area (Å²) in [7, 11) is 1.69. The Labute approximate surface area is 164 Å². The summed E-state index contributed by atoms with van der Waals surface area (Å²) in [6.07, 6.45) is 6.44. The van der Waals surface area contributed by atoms with Gasteiger partial charge in [0, 0.05) is 41.3 Å². The third-order valence-corrected chi connectivity index (χ3v) is 5.44. The minimum atomic E-state index is -0.780. The molecule has 0 spiro atoms. The number of nitrogens with one attached hydrogen (secondary N) is 1. The van der Waals surface area contributed by atoms with Crippen molar-refractivity contribution in [1.82, 2.24) is 29.9 Å². The number of aryl methyl sites for hydroxylation is 1. The molecule has 0 atom stereocenters. The zero-order valence-corrected chi connectivity index (χ0v) is 15.8. The first-order valence-corrected chi connectivity index (χ1v) is 9.46. The fraction of sp³-hybridized carbons (Fsp3) is 0.300. The van der Waals surface area contributed by atoms with E-state index in [1.165, 1.54) is 15.6 Å². The number of aromatic hydroxyl groups is 1. The fourth-order valence-electron chi connectivity index (χ4n) is 3.96. The van der Waals surface area contributed by atoms with Crippen molar-refractivity contribution in [1.29, 1.82) is 0 Å². The molecule has 0 bridgehead atoms. The lowest BCUT2D eigenvalue weighted by Crippen LogP contribution is -2.35. The summed E-state index contributed by atoms with van der Waals surface area (Å²) in [6.45, 7) is 1.70. The Hall–Kier alpha value is -3.33. The summed E-state index contributed by atoms with van der Waals surface area (Å²) in [5.41, 5.74) is 0.971. The second kappa shape index (κ2) is 6.63. The molecule has 4 heterocycles. The number of hydrogen-bond donors (Lipinski definition) is 2. The zero-order valence-electron chi connectivity index (χ0n) is 15.8. The van der Waals surface area contributed by atoms with E-state index < -0.39 is 11.6 Å². The SMILES string of the molecule is Cn1cc2cc(-c3cnc4c(=O)n(C5CCNCC5)ncc4c3)c(O)c(F)c2n1. The molecule has 1 aliphatic rings. The molecule has 1 aromatic carbocycles. The van der Waals surface area contributed by atoms with E-state index in [1.807, 2.05) is 0 Å². The van der Waals surface area contributed by atoms with Gasteiger partial charge in [-0.1, -0.05) is 0 Å². The molecule has 0 aliphatic carbocycles. The average molecular weight is 394 g/mol. The van der Waals surface area contributed by atoms with Crippen molar-refractivity contribution in [2.75, 3.05) is 13.1 Å². The van der Waals surface area contributed by atoms with Crippen LogP contribution in [0.1, 0.15) is 18.9 Å². The summed E-state index contributed by atoms with van der Waals surface area (Å²) in [6, 6.07) is 3.41. The molecular weight excluding hydrogens is 375 g/mol. The maximum atomic E-state index is 14.6. The molecule has 29 heavy (non-hydrogen) atoms. The highest BCUT2D eigenvalue weighted by molar-refractivity contribution is 5.90. The van der Waals surface area contributed by atoms with E-state index in [1.54, 1.807) is 31.6 Å². The summed E-state index contributed by atoms with van der Waals surface area (Å²) in [4.78, 5) is 17.2. The standard InChI is InChI=1S/C20H19FN6O2/c1-26-10-13-7-15(19(28)16(21)17(13)25-26)11-6-12-9-24-27(14-2-4-22-5-3-14)20(29)18(12)23-8-11/h6-10,14,22,28H,2-5H2,1H3. The topological polar surface area (TPSA) is 97.9 Å². The van der Waals surface area contributed by atoms with Crippen molar-refractivity contribution in [3.8, 4) is 16.9 Å². The van der Waals surface area contributed by atoms with Crippen LogP contribution in [-0.4, -0.2) is 42.7 Å². The Balaban J connectivity index is 1.63. The molecule has 9 heteroatoms. The number of nitrogens with zero attached hydrogens (tertiary/aromatic N) is 5. The van der Waals surface area contributed by atoms with Crippen molar-refractivity contribution < 1.29 is 9.50 Å². The minimum Gasteiger partial charge on any atom is -0.504 e. The van der Waals surface area contributed by atoms with Gasteiger partial charge in [-0.05, 0) is 38.1 Å². The first kappa shape index (κ1) is 17.7. The van der Waals surface area contributed by atoms with Gasteiger partial charge in [0.25, 0.3) is 5.56 Å². The van der Waals surface area contributed by atoms with Crippen molar-refractivity contribution in [3.05, 3.63) is 46.9 Å². The van der Waals surface area contributed by atoms with Crippen LogP contribution in [0.15, 0.2) is 35.5 Å². The van der Waals surface area contributed by atoms with E-state index in [2.05, 4.69) is 20.5 Å². The lowest BCUT2D eigenvalue weighted by Gasteiger charge is -2.23. The third-order valence-electron chi connectivity index (χ3n) is 5.44. The molecule has 0 amide bonds. The monoisotopic (exact) mass is 394 g/mol. The molecule has 1 saturated heterocycles. The number of pyridine rings is 1. The maximum absolute atomic E-state index is 14.6. The second-order valence-corrected chi connectivity index (χ2v) is 7.36. The Morgan fingerprint density at radius 2 is 1.97 bits per heavy atom. The van der Waals surface area contributed by atoms with Gasteiger partial charge in [-0.3, -0.25) is 9.48 Å². The number of piperidine rings is 1. The molecule has 0 unspecified atom stereocenters. The number of benzene rings is 1. The minimum absolute atomic E-state index is 0.0563. The lowest BCUT2D eigenvalue weighted by atomic mass is 10.0. The molecule has 8 nitrogen and oxygen atoms in total. The van der Waals surface area contributed by atoms with Crippen LogP contribution in [0.25, 0.3) is 32.9 Å². The van der Waals surface area contributed by atoms with E-state index in [4.69, 9.17) is 0 Å². The van der Waals surface area contributed by atoms with Gasteiger partial charge in [0.1, 0.15) is 11.0 Å². The zero-order chi connectivity index (χ0) is 20.1. The molecule has 4 aromatic rings. The van der Waals surface area contributed by atoms with Crippen LogP contribution in [0.5, 0.6) is 5.75 Å². The van der Waals surface area contributed by atoms with E-state index in [0.717, 1.165) is 25.9 Å². The molecule has 0 saturated carbocycles.